The molecule has 3 aliphatic rings. The molecular weight excluding hydrogens is 377 g/mol. The van der Waals surface area contributed by atoms with Crippen molar-refractivity contribution in [2.75, 3.05) is 42.8 Å². The van der Waals surface area contributed by atoms with Crippen LogP contribution in [-0.4, -0.2) is 50.8 Å². The molecule has 29 heavy (non-hydrogen) atoms. The highest BCUT2D eigenvalue weighted by Crippen LogP contribution is 2.36. The Labute approximate surface area is 167 Å². The maximum absolute atomic E-state index is 13.1. The summed E-state index contributed by atoms with van der Waals surface area (Å²) in [6.07, 6.45) is 0.207. The second kappa shape index (κ2) is 7.04. The Morgan fingerprint density at radius 2 is 1.62 bits per heavy atom. The monoisotopic (exact) mass is 398 g/mol. The van der Waals surface area contributed by atoms with Gasteiger partial charge < -0.3 is 19.3 Å². The Balaban J connectivity index is 1.27. The maximum atomic E-state index is 13.1. The number of ether oxygens (including phenoxy) is 2. The van der Waals surface area contributed by atoms with E-state index in [0.717, 1.165) is 36.8 Å². The summed E-state index contributed by atoms with van der Waals surface area (Å²) in [5.74, 6) is 0.557. The predicted molar refractivity (Wildman–Crippen MR) is 103 cm³/mol. The van der Waals surface area contributed by atoms with Gasteiger partial charge in [0.1, 0.15) is 5.82 Å². The zero-order chi connectivity index (χ0) is 20.0. The summed E-state index contributed by atoms with van der Waals surface area (Å²) < 4.78 is 23.8. The summed E-state index contributed by atoms with van der Waals surface area (Å²) in [7, 11) is 0. The van der Waals surface area contributed by atoms with Crippen molar-refractivity contribution in [3.05, 3.63) is 48.3 Å². The summed E-state index contributed by atoms with van der Waals surface area (Å²) in [6.45, 7) is 3.14. The Morgan fingerprint density at radius 1 is 0.931 bits per heavy atom. The third-order valence-corrected chi connectivity index (χ3v) is 5.85. The Kier molecular flexibility index (Phi) is 4.35. The van der Waals surface area contributed by atoms with Crippen molar-refractivity contribution in [2.24, 2.45) is 0 Å². The lowest BCUT2D eigenvalue weighted by Crippen LogP contribution is -3.19. The number of nitrogens with one attached hydrogen (secondary N) is 1. The highest BCUT2D eigenvalue weighted by Gasteiger charge is 2.46. The van der Waals surface area contributed by atoms with Crippen LogP contribution < -0.4 is 24.2 Å². The lowest BCUT2D eigenvalue weighted by Gasteiger charge is -2.35. The van der Waals surface area contributed by atoms with Crippen molar-refractivity contribution >= 4 is 23.2 Å². The highest BCUT2D eigenvalue weighted by molar-refractivity contribution is 6.22. The molecule has 3 heterocycles. The number of halogens is 1. The first-order valence-corrected chi connectivity index (χ1v) is 9.72. The summed E-state index contributed by atoms with van der Waals surface area (Å²) >= 11 is 0. The minimum atomic E-state index is -0.372. The van der Waals surface area contributed by atoms with Crippen molar-refractivity contribution in [3.63, 3.8) is 0 Å². The van der Waals surface area contributed by atoms with Crippen LogP contribution in [0.2, 0.25) is 0 Å². The molecule has 0 bridgehead atoms. The second-order valence-corrected chi connectivity index (χ2v) is 7.48. The van der Waals surface area contributed by atoms with Crippen LogP contribution >= 0.6 is 0 Å². The van der Waals surface area contributed by atoms with Gasteiger partial charge >= 0.3 is 0 Å². The van der Waals surface area contributed by atoms with E-state index in [9.17, 15) is 14.0 Å². The first kappa shape index (κ1) is 17.9. The Morgan fingerprint density at radius 3 is 2.38 bits per heavy atom. The van der Waals surface area contributed by atoms with Crippen LogP contribution in [0, 0.1) is 5.82 Å². The van der Waals surface area contributed by atoms with Crippen molar-refractivity contribution in [2.45, 2.75) is 12.5 Å². The molecular formula is C21H21FN3O4+. The number of carbonyl (C=O) groups excluding carboxylic acids is 2. The molecule has 7 nitrogen and oxygen atoms in total. The first-order valence-electron chi connectivity index (χ1n) is 9.72. The van der Waals surface area contributed by atoms with E-state index in [1.807, 2.05) is 0 Å². The topological polar surface area (TPSA) is 63.5 Å². The van der Waals surface area contributed by atoms with E-state index in [-0.39, 0.29) is 36.9 Å². The van der Waals surface area contributed by atoms with Gasteiger partial charge in [0, 0.05) is 11.8 Å². The average molecular weight is 398 g/mol. The van der Waals surface area contributed by atoms with E-state index < -0.39 is 0 Å². The summed E-state index contributed by atoms with van der Waals surface area (Å²) in [6, 6.07) is 11.2. The van der Waals surface area contributed by atoms with E-state index in [0.29, 0.717) is 17.2 Å². The largest absolute Gasteiger partial charge is 0.454 e. The fraction of sp³-hybridized carbons (Fsp3) is 0.333. The summed E-state index contributed by atoms with van der Waals surface area (Å²) in [5, 5.41) is 0. The zero-order valence-corrected chi connectivity index (χ0v) is 15.8. The van der Waals surface area contributed by atoms with E-state index in [1.165, 1.54) is 17.0 Å². The van der Waals surface area contributed by atoms with Crippen molar-refractivity contribution in [1.29, 1.82) is 0 Å². The van der Waals surface area contributed by atoms with Crippen LogP contribution in [0.4, 0.5) is 15.8 Å². The van der Waals surface area contributed by atoms with Gasteiger partial charge in [-0.25, -0.2) is 9.29 Å². The molecule has 5 rings (SSSR count). The average Bonchev–Trinajstić information content (AvgIpc) is 3.32. The Bertz CT molecular complexity index is 957. The minimum Gasteiger partial charge on any atom is -0.454 e. The van der Waals surface area contributed by atoms with Crippen molar-refractivity contribution < 1.29 is 28.4 Å². The third kappa shape index (κ3) is 3.19. The number of anilines is 2. The first-order chi connectivity index (χ1) is 14.1. The van der Waals surface area contributed by atoms with Gasteiger partial charge in [-0.3, -0.25) is 9.59 Å². The van der Waals surface area contributed by atoms with Gasteiger partial charge in [0.25, 0.3) is 5.91 Å². The highest BCUT2D eigenvalue weighted by atomic mass is 19.1. The van der Waals surface area contributed by atoms with Gasteiger partial charge in [0.05, 0.1) is 38.3 Å². The molecule has 0 saturated carbocycles. The SMILES string of the molecule is O=C1C[C@H]([NH+]2CCN(c3ccc(F)cc3)CC2)C(=O)N1c1ccc2c(c1)OCO2. The minimum absolute atomic E-state index is 0.145. The molecule has 150 valence electrons. The van der Waals surface area contributed by atoms with Gasteiger partial charge in [-0.05, 0) is 36.4 Å². The van der Waals surface area contributed by atoms with Crippen LogP contribution in [-0.2, 0) is 9.59 Å². The molecule has 8 heteroatoms. The number of nitrogens with zero attached hydrogens (tertiary/aromatic N) is 2. The molecule has 2 aromatic rings. The van der Waals surface area contributed by atoms with E-state index in [4.69, 9.17) is 9.47 Å². The zero-order valence-electron chi connectivity index (χ0n) is 15.8. The summed E-state index contributed by atoms with van der Waals surface area (Å²) in [5.41, 5.74) is 1.50. The quantitative estimate of drug-likeness (QED) is 0.767. The lowest BCUT2D eigenvalue weighted by molar-refractivity contribution is -0.915. The number of quaternary nitrogens is 1. The third-order valence-electron chi connectivity index (χ3n) is 5.85. The van der Waals surface area contributed by atoms with E-state index in [2.05, 4.69) is 4.90 Å². The van der Waals surface area contributed by atoms with Crippen LogP contribution in [0.25, 0.3) is 0 Å². The second-order valence-electron chi connectivity index (χ2n) is 7.48. The number of carbonyl (C=O) groups is 2. The number of benzene rings is 2. The molecule has 1 N–H and O–H groups in total. The number of hydrogen-bond acceptors (Lipinski definition) is 5. The lowest BCUT2D eigenvalue weighted by atomic mass is 10.1. The van der Waals surface area contributed by atoms with Gasteiger partial charge in [0.2, 0.25) is 12.7 Å². The molecule has 0 unspecified atom stereocenters. The van der Waals surface area contributed by atoms with E-state index in [1.54, 1.807) is 30.3 Å². The van der Waals surface area contributed by atoms with Crippen LogP contribution in [0.15, 0.2) is 42.5 Å². The smallest absolute Gasteiger partial charge is 0.292 e. The maximum Gasteiger partial charge on any atom is 0.292 e. The fourth-order valence-electron chi connectivity index (χ4n) is 4.30. The van der Waals surface area contributed by atoms with Crippen LogP contribution in [0.3, 0.4) is 0 Å². The molecule has 0 aromatic heterocycles. The number of hydrogen-bond donors (Lipinski definition) is 1. The van der Waals surface area contributed by atoms with E-state index >= 15 is 0 Å². The van der Waals surface area contributed by atoms with Gasteiger partial charge in [-0.2, -0.15) is 0 Å². The summed E-state index contributed by atoms with van der Waals surface area (Å²) in [4.78, 5) is 30.3. The molecule has 2 fully saturated rings. The number of amides is 2. The van der Waals surface area contributed by atoms with Crippen molar-refractivity contribution in [1.82, 2.24) is 0 Å². The Hall–Kier alpha value is -3.13. The van der Waals surface area contributed by atoms with Gasteiger partial charge in [-0.15, -0.1) is 0 Å². The van der Waals surface area contributed by atoms with Gasteiger partial charge in [-0.1, -0.05) is 0 Å². The number of piperazine rings is 1. The molecule has 1 atom stereocenters. The molecule has 0 radical (unpaired) electrons. The predicted octanol–water partition coefficient (Wildman–Crippen LogP) is 0.591. The standard InChI is InChI=1S/C21H20FN3O4/c22-14-1-3-15(4-2-14)23-7-9-24(10-8-23)17-12-20(26)25(21(17)27)16-5-6-18-19(11-16)29-13-28-18/h1-6,11,17H,7-10,12-13H2/p+1/t17-/m0/s1. The molecule has 0 spiro atoms. The fourth-order valence-corrected chi connectivity index (χ4v) is 4.30. The number of fused-ring (bicyclic) bond motifs is 1. The number of imide groups is 1. The van der Waals surface area contributed by atoms with Gasteiger partial charge in [0.15, 0.2) is 17.5 Å². The molecule has 0 aliphatic carbocycles. The van der Waals surface area contributed by atoms with Crippen LogP contribution in [0.1, 0.15) is 6.42 Å². The molecule has 3 aliphatic heterocycles. The molecule has 2 saturated heterocycles. The molecule has 2 amide bonds. The molecule has 2 aromatic carbocycles. The van der Waals surface area contributed by atoms with Crippen molar-refractivity contribution in [3.8, 4) is 11.5 Å². The normalized spacial score (nSPS) is 21.9. The number of rotatable bonds is 3. The van der Waals surface area contributed by atoms with Crippen LogP contribution in [0.5, 0.6) is 11.5 Å².